The molecule has 0 fully saturated rings. The van der Waals surface area contributed by atoms with E-state index in [1.165, 1.54) is 0 Å². The van der Waals surface area contributed by atoms with Crippen LogP contribution in [0.4, 0.5) is 11.4 Å². The Bertz CT molecular complexity index is 700. The second-order valence-electron chi connectivity index (χ2n) is 6.07. The highest BCUT2D eigenvalue weighted by molar-refractivity contribution is 5.92. The Morgan fingerprint density at radius 1 is 1.08 bits per heavy atom. The Labute approximate surface area is 148 Å². The molecule has 1 aromatic heterocycles. The number of nitrogens with zero attached hydrogens (tertiary/aromatic N) is 1. The van der Waals surface area contributed by atoms with Crippen LogP contribution < -0.4 is 20.1 Å². The van der Waals surface area contributed by atoms with Gasteiger partial charge >= 0.3 is 0 Å². The van der Waals surface area contributed by atoms with Crippen molar-refractivity contribution >= 4 is 17.3 Å². The highest BCUT2D eigenvalue weighted by atomic mass is 16.5. The van der Waals surface area contributed by atoms with Crippen molar-refractivity contribution in [1.82, 2.24) is 10.3 Å². The molecule has 6 nitrogen and oxygen atoms in total. The summed E-state index contributed by atoms with van der Waals surface area (Å²) in [4.78, 5) is 16.2. The van der Waals surface area contributed by atoms with Gasteiger partial charge in [0.05, 0.1) is 26.1 Å². The second kappa shape index (κ2) is 8.92. The van der Waals surface area contributed by atoms with Crippen LogP contribution >= 0.6 is 0 Å². The largest absolute Gasteiger partial charge is 0.493 e. The molecule has 2 rings (SSSR count). The molecule has 0 spiro atoms. The fourth-order valence-corrected chi connectivity index (χ4v) is 2.25. The van der Waals surface area contributed by atoms with Crippen molar-refractivity contribution in [2.75, 3.05) is 26.1 Å². The lowest BCUT2D eigenvalue weighted by Crippen LogP contribution is -2.26. The van der Waals surface area contributed by atoms with Crippen molar-refractivity contribution in [3.05, 3.63) is 42.2 Å². The van der Waals surface area contributed by atoms with E-state index in [2.05, 4.69) is 29.5 Å². The number of rotatable bonds is 8. The minimum absolute atomic E-state index is 0.154. The molecule has 0 bridgehead atoms. The second-order valence-corrected chi connectivity index (χ2v) is 6.07. The lowest BCUT2D eigenvalue weighted by atomic mass is 10.1. The molecule has 0 saturated heterocycles. The lowest BCUT2D eigenvalue weighted by molar-refractivity contribution is 0.0947. The molecule has 6 heteroatoms. The SMILES string of the molecule is COc1ccc(Nc2ccc(C(=O)NCCC(C)C)nc2)cc1OC. The van der Waals surface area contributed by atoms with Gasteiger partial charge in [0.2, 0.25) is 0 Å². The molecule has 0 aliphatic heterocycles. The van der Waals surface area contributed by atoms with Gasteiger partial charge in [0.15, 0.2) is 11.5 Å². The van der Waals surface area contributed by atoms with Crippen LogP contribution in [0, 0.1) is 5.92 Å². The smallest absolute Gasteiger partial charge is 0.269 e. The van der Waals surface area contributed by atoms with Gasteiger partial charge in [0.25, 0.3) is 5.91 Å². The minimum atomic E-state index is -0.154. The van der Waals surface area contributed by atoms with E-state index in [0.717, 1.165) is 17.8 Å². The average molecular weight is 343 g/mol. The number of aromatic nitrogens is 1. The number of anilines is 2. The van der Waals surface area contributed by atoms with E-state index in [0.29, 0.717) is 29.7 Å². The van der Waals surface area contributed by atoms with Crippen molar-refractivity contribution in [2.24, 2.45) is 5.92 Å². The minimum Gasteiger partial charge on any atom is -0.493 e. The van der Waals surface area contributed by atoms with Gasteiger partial charge in [-0.15, -0.1) is 0 Å². The van der Waals surface area contributed by atoms with Crippen molar-refractivity contribution in [3.63, 3.8) is 0 Å². The average Bonchev–Trinajstić information content (AvgIpc) is 2.61. The Kier molecular flexibility index (Phi) is 6.62. The standard InChI is InChI=1S/C19H25N3O3/c1-13(2)9-10-20-19(23)16-7-5-15(12-21-16)22-14-6-8-17(24-3)18(11-14)25-4/h5-8,11-13,22H,9-10H2,1-4H3,(H,20,23). The first kappa shape index (κ1) is 18.6. The third kappa shape index (κ3) is 5.38. The fraction of sp³-hybridized carbons (Fsp3) is 0.368. The zero-order valence-corrected chi connectivity index (χ0v) is 15.1. The summed E-state index contributed by atoms with van der Waals surface area (Å²) in [6.07, 6.45) is 2.58. The lowest BCUT2D eigenvalue weighted by Gasteiger charge is -2.11. The number of ether oxygens (including phenoxy) is 2. The van der Waals surface area contributed by atoms with Gasteiger partial charge in [-0.05, 0) is 36.6 Å². The summed E-state index contributed by atoms with van der Waals surface area (Å²) in [5.41, 5.74) is 2.03. The molecule has 2 aromatic rings. The summed E-state index contributed by atoms with van der Waals surface area (Å²) in [6, 6.07) is 9.07. The number of pyridine rings is 1. The van der Waals surface area contributed by atoms with Crippen molar-refractivity contribution < 1.29 is 14.3 Å². The monoisotopic (exact) mass is 343 g/mol. The maximum absolute atomic E-state index is 12.0. The number of hydrogen-bond acceptors (Lipinski definition) is 5. The molecule has 25 heavy (non-hydrogen) atoms. The number of carbonyl (C=O) groups is 1. The van der Waals surface area contributed by atoms with E-state index in [9.17, 15) is 4.79 Å². The van der Waals surface area contributed by atoms with Gasteiger partial charge in [-0.3, -0.25) is 4.79 Å². The van der Waals surface area contributed by atoms with Crippen LogP contribution in [-0.4, -0.2) is 31.7 Å². The van der Waals surface area contributed by atoms with Crippen molar-refractivity contribution in [2.45, 2.75) is 20.3 Å². The Balaban J connectivity index is 1.99. The Morgan fingerprint density at radius 2 is 1.80 bits per heavy atom. The molecule has 0 aliphatic carbocycles. The molecule has 1 aromatic carbocycles. The van der Waals surface area contributed by atoms with E-state index in [1.807, 2.05) is 24.3 Å². The van der Waals surface area contributed by atoms with E-state index in [1.54, 1.807) is 26.5 Å². The van der Waals surface area contributed by atoms with Crippen LogP contribution in [-0.2, 0) is 0 Å². The van der Waals surface area contributed by atoms with Crippen LogP contribution in [0.25, 0.3) is 0 Å². The maximum atomic E-state index is 12.0. The van der Waals surface area contributed by atoms with Gasteiger partial charge in [-0.25, -0.2) is 4.98 Å². The fourth-order valence-electron chi connectivity index (χ4n) is 2.25. The van der Waals surface area contributed by atoms with E-state index in [4.69, 9.17) is 9.47 Å². The third-order valence-corrected chi connectivity index (χ3v) is 3.68. The zero-order chi connectivity index (χ0) is 18.2. The molecule has 1 amide bonds. The molecule has 2 N–H and O–H groups in total. The summed E-state index contributed by atoms with van der Waals surface area (Å²) < 4.78 is 10.5. The van der Waals surface area contributed by atoms with Crippen LogP contribution in [0.3, 0.4) is 0 Å². The number of methoxy groups -OCH3 is 2. The molecule has 1 heterocycles. The molecular weight excluding hydrogens is 318 g/mol. The predicted molar refractivity (Wildman–Crippen MR) is 98.9 cm³/mol. The quantitative estimate of drug-likeness (QED) is 0.766. The number of nitrogens with one attached hydrogen (secondary N) is 2. The Hall–Kier alpha value is -2.76. The first-order valence-corrected chi connectivity index (χ1v) is 8.26. The molecule has 0 atom stereocenters. The van der Waals surface area contributed by atoms with Gasteiger partial charge < -0.3 is 20.1 Å². The highest BCUT2D eigenvalue weighted by Gasteiger charge is 2.08. The molecule has 0 radical (unpaired) electrons. The number of hydrogen-bond donors (Lipinski definition) is 2. The van der Waals surface area contributed by atoms with E-state index in [-0.39, 0.29) is 5.91 Å². The van der Waals surface area contributed by atoms with Crippen LogP contribution in [0.1, 0.15) is 30.8 Å². The van der Waals surface area contributed by atoms with Gasteiger partial charge in [0, 0.05) is 18.3 Å². The predicted octanol–water partition coefficient (Wildman–Crippen LogP) is 3.62. The zero-order valence-electron chi connectivity index (χ0n) is 15.1. The van der Waals surface area contributed by atoms with Gasteiger partial charge in [-0.2, -0.15) is 0 Å². The number of carbonyl (C=O) groups excluding carboxylic acids is 1. The Morgan fingerprint density at radius 3 is 2.40 bits per heavy atom. The molecule has 0 saturated carbocycles. The maximum Gasteiger partial charge on any atom is 0.269 e. The van der Waals surface area contributed by atoms with Crippen molar-refractivity contribution in [1.29, 1.82) is 0 Å². The van der Waals surface area contributed by atoms with E-state index < -0.39 is 0 Å². The molecule has 0 unspecified atom stereocenters. The summed E-state index contributed by atoms with van der Waals surface area (Å²) >= 11 is 0. The van der Waals surface area contributed by atoms with Gasteiger partial charge in [-0.1, -0.05) is 13.8 Å². The summed E-state index contributed by atoms with van der Waals surface area (Å²) in [6.45, 7) is 4.90. The van der Waals surface area contributed by atoms with Gasteiger partial charge in [0.1, 0.15) is 5.69 Å². The summed E-state index contributed by atoms with van der Waals surface area (Å²) in [5.74, 6) is 1.71. The normalized spacial score (nSPS) is 10.4. The first-order valence-electron chi connectivity index (χ1n) is 8.26. The molecular formula is C19H25N3O3. The topological polar surface area (TPSA) is 72.5 Å². The van der Waals surface area contributed by atoms with Crippen LogP contribution in [0.5, 0.6) is 11.5 Å². The van der Waals surface area contributed by atoms with Crippen LogP contribution in [0.2, 0.25) is 0 Å². The van der Waals surface area contributed by atoms with Crippen LogP contribution in [0.15, 0.2) is 36.5 Å². The van der Waals surface area contributed by atoms with Crippen molar-refractivity contribution in [3.8, 4) is 11.5 Å². The third-order valence-electron chi connectivity index (χ3n) is 3.68. The first-order chi connectivity index (χ1) is 12.0. The molecule has 134 valence electrons. The molecule has 0 aliphatic rings. The summed E-state index contributed by atoms with van der Waals surface area (Å²) in [5, 5.41) is 6.10. The number of benzene rings is 1. The summed E-state index contributed by atoms with van der Waals surface area (Å²) in [7, 11) is 3.19. The number of amides is 1. The highest BCUT2D eigenvalue weighted by Crippen LogP contribution is 2.30. The van der Waals surface area contributed by atoms with E-state index >= 15 is 0 Å².